The summed E-state index contributed by atoms with van der Waals surface area (Å²) in [6, 6.07) is 19.3. The highest BCUT2D eigenvalue weighted by Crippen LogP contribution is 2.18. The van der Waals surface area contributed by atoms with Crippen molar-refractivity contribution < 1.29 is 4.74 Å². The second kappa shape index (κ2) is 10.8. The van der Waals surface area contributed by atoms with E-state index in [-0.39, 0.29) is 6.04 Å². The van der Waals surface area contributed by atoms with Crippen LogP contribution in [0.4, 0.5) is 5.69 Å². The molecule has 6 heteroatoms. The van der Waals surface area contributed by atoms with Crippen LogP contribution < -0.4 is 16.0 Å². The SMILES string of the molecule is COCC(C)NC(N)=NCc1ccccc1CN1CCN(c2ccccc2)CC1. The molecule has 0 saturated carbocycles. The van der Waals surface area contributed by atoms with Gasteiger partial charge in [0.05, 0.1) is 13.2 Å². The molecule has 0 aliphatic carbocycles. The van der Waals surface area contributed by atoms with E-state index in [1.807, 2.05) is 6.92 Å². The lowest BCUT2D eigenvalue weighted by molar-refractivity contribution is 0.179. The van der Waals surface area contributed by atoms with E-state index >= 15 is 0 Å². The minimum Gasteiger partial charge on any atom is -0.383 e. The lowest BCUT2D eigenvalue weighted by atomic mass is 10.1. The van der Waals surface area contributed by atoms with Gasteiger partial charge in [0.15, 0.2) is 5.96 Å². The van der Waals surface area contributed by atoms with Crippen LogP contribution in [-0.4, -0.2) is 56.8 Å². The smallest absolute Gasteiger partial charge is 0.189 e. The molecule has 6 nitrogen and oxygen atoms in total. The zero-order chi connectivity index (χ0) is 20.5. The number of benzene rings is 2. The Morgan fingerprint density at radius 3 is 2.38 bits per heavy atom. The van der Waals surface area contributed by atoms with Crippen LogP contribution in [0, 0.1) is 0 Å². The van der Waals surface area contributed by atoms with Crippen LogP contribution >= 0.6 is 0 Å². The van der Waals surface area contributed by atoms with E-state index in [9.17, 15) is 0 Å². The van der Waals surface area contributed by atoms with Crippen molar-refractivity contribution in [2.75, 3.05) is 44.8 Å². The summed E-state index contributed by atoms with van der Waals surface area (Å²) in [4.78, 5) is 9.50. The Morgan fingerprint density at radius 1 is 1.03 bits per heavy atom. The van der Waals surface area contributed by atoms with E-state index < -0.39 is 0 Å². The molecule has 29 heavy (non-hydrogen) atoms. The number of nitrogens with one attached hydrogen (secondary N) is 1. The molecule has 1 unspecified atom stereocenters. The minimum atomic E-state index is 0.139. The normalized spacial score (nSPS) is 16.6. The van der Waals surface area contributed by atoms with E-state index in [0.29, 0.717) is 19.1 Å². The first-order valence-corrected chi connectivity index (χ1v) is 10.3. The van der Waals surface area contributed by atoms with Crippen molar-refractivity contribution in [3.05, 3.63) is 65.7 Å². The fourth-order valence-corrected chi connectivity index (χ4v) is 3.67. The Balaban J connectivity index is 1.54. The Labute approximate surface area is 174 Å². The van der Waals surface area contributed by atoms with Gasteiger partial charge < -0.3 is 20.7 Å². The maximum atomic E-state index is 6.03. The van der Waals surface area contributed by atoms with Gasteiger partial charge in [0.1, 0.15) is 0 Å². The van der Waals surface area contributed by atoms with E-state index in [1.165, 1.54) is 16.8 Å². The van der Waals surface area contributed by atoms with E-state index in [4.69, 9.17) is 10.5 Å². The second-order valence-corrected chi connectivity index (χ2v) is 7.57. The summed E-state index contributed by atoms with van der Waals surface area (Å²) in [5.74, 6) is 0.459. The van der Waals surface area contributed by atoms with Gasteiger partial charge >= 0.3 is 0 Å². The van der Waals surface area contributed by atoms with Gasteiger partial charge in [0.25, 0.3) is 0 Å². The van der Waals surface area contributed by atoms with Crippen molar-refractivity contribution in [3.8, 4) is 0 Å². The fraction of sp³-hybridized carbons (Fsp3) is 0.435. The number of guanidine groups is 1. The highest BCUT2D eigenvalue weighted by molar-refractivity contribution is 5.78. The lowest BCUT2D eigenvalue weighted by Gasteiger charge is -2.36. The average molecular weight is 396 g/mol. The topological polar surface area (TPSA) is 66.1 Å². The van der Waals surface area contributed by atoms with Crippen molar-refractivity contribution >= 4 is 11.6 Å². The van der Waals surface area contributed by atoms with Crippen molar-refractivity contribution in [3.63, 3.8) is 0 Å². The molecule has 0 aromatic heterocycles. The van der Waals surface area contributed by atoms with Gasteiger partial charge in [0, 0.05) is 51.6 Å². The van der Waals surface area contributed by atoms with Crippen LogP contribution in [0.3, 0.4) is 0 Å². The molecule has 0 amide bonds. The van der Waals surface area contributed by atoms with Gasteiger partial charge in [-0.15, -0.1) is 0 Å². The summed E-state index contributed by atoms with van der Waals surface area (Å²) in [7, 11) is 1.68. The number of hydrogen-bond acceptors (Lipinski definition) is 4. The Bertz CT molecular complexity index is 772. The number of nitrogens with two attached hydrogens (primary N) is 1. The Morgan fingerprint density at radius 2 is 1.69 bits per heavy atom. The Hall–Kier alpha value is -2.57. The molecule has 0 spiro atoms. The minimum absolute atomic E-state index is 0.139. The molecule has 2 aromatic rings. The number of para-hydroxylation sites is 1. The number of rotatable bonds is 8. The zero-order valence-corrected chi connectivity index (χ0v) is 17.6. The van der Waals surface area contributed by atoms with Crippen LogP contribution in [0.25, 0.3) is 0 Å². The summed E-state index contributed by atoms with van der Waals surface area (Å²) in [5.41, 5.74) is 9.88. The first kappa shape index (κ1) is 21.1. The summed E-state index contributed by atoms with van der Waals surface area (Å²) >= 11 is 0. The molecular formula is C23H33N5O. The van der Waals surface area contributed by atoms with Crippen LogP contribution in [-0.2, 0) is 17.8 Å². The molecule has 1 fully saturated rings. The fourth-order valence-electron chi connectivity index (χ4n) is 3.67. The first-order chi connectivity index (χ1) is 14.2. The molecule has 156 valence electrons. The summed E-state index contributed by atoms with van der Waals surface area (Å²) < 4.78 is 5.12. The number of aliphatic imine (C=N–C) groups is 1. The van der Waals surface area contributed by atoms with Gasteiger partial charge in [-0.3, -0.25) is 4.90 Å². The molecule has 0 radical (unpaired) electrons. The highest BCUT2D eigenvalue weighted by Gasteiger charge is 2.18. The van der Waals surface area contributed by atoms with Gasteiger partial charge in [-0.05, 0) is 30.2 Å². The van der Waals surface area contributed by atoms with Crippen molar-refractivity contribution in [1.29, 1.82) is 0 Å². The summed E-state index contributed by atoms with van der Waals surface area (Å²) in [5, 5.41) is 3.16. The third kappa shape index (κ3) is 6.48. The summed E-state index contributed by atoms with van der Waals surface area (Å²) in [6.45, 7) is 8.38. The molecule has 3 rings (SSSR count). The standard InChI is InChI=1S/C23H33N5O/c1-19(18-29-2)26-23(24)25-16-20-8-6-7-9-21(20)17-27-12-14-28(15-13-27)22-10-4-3-5-11-22/h3-11,19H,12-18H2,1-2H3,(H3,24,25,26). The molecule has 0 bridgehead atoms. The van der Waals surface area contributed by atoms with Crippen LogP contribution in [0.5, 0.6) is 0 Å². The molecule has 1 aliphatic rings. The van der Waals surface area contributed by atoms with Gasteiger partial charge in [-0.2, -0.15) is 0 Å². The molecule has 1 heterocycles. The van der Waals surface area contributed by atoms with Gasteiger partial charge in [-0.25, -0.2) is 4.99 Å². The third-order valence-electron chi connectivity index (χ3n) is 5.24. The van der Waals surface area contributed by atoms with Crippen molar-refractivity contribution in [2.24, 2.45) is 10.7 Å². The largest absolute Gasteiger partial charge is 0.383 e. The molecular weight excluding hydrogens is 362 g/mol. The zero-order valence-electron chi connectivity index (χ0n) is 17.6. The molecule has 1 atom stereocenters. The third-order valence-corrected chi connectivity index (χ3v) is 5.24. The van der Waals surface area contributed by atoms with Gasteiger partial charge in [-0.1, -0.05) is 42.5 Å². The van der Waals surface area contributed by atoms with E-state index in [2.05, 4.69) is 74.7 Å². The van der Waals surface area contributed by atoms with Crippen LogP contribution in [0.2, 0.25) is 0 Å². The van der Waals surface area contributed by atoms with Crippen molar-refractivity contribution in [1.82, 2.24) is 10.2 Å². The number of anilines is 1. The molecule has 1 saturated heterocycles. The maximum Gasteiger partial charge on any atom is 0.189 e. The number of nitrogens with zero attached hydrogens (tertiary/aromatic N) is 3. The maximum absolute atomic E-state index is 6.03. The predicted octanol–water partition coefficient (Wildman–Crippen LogP) is 2.45. The highest BCUT2D eigenvalue weighted by atomic mass is 16.5. The quantitative estimate of drug-likeness (QED) is 0.531. The van der Waals surface area contributed by atoms with Crippen molar-refractivity contribution in [2.45, 2.75) is 26.1 Å². The van der Waals surface area contributed by atoms with Gasteiger partial charge in [0.2, 0.25) is 0 Å². The second-order valence-electron chi connectivity index (χ2n) is 7.57. The monoisotopic (exact) mass is 395 g/mol. The number of methoxy groups -OCH3 is 1. The van der Waals surface area contributed by atoms with Crippen LogP contribution in [0.1, 0.15) is 18.1 Å². The molecule has 1 aliphatic heterocycles. The Kier molecular flexibility index (Phi) is 7.90. The predicted molar refractivity (Wildman–Crippen MR) is 120 cm³/mol. The van der Waals surface area contributed by atoms with E-state index in [1.54, 1.807) is 7.11 Å². The molecule has 2 aromatic carbocycles. The lowest BCUT2D eigenvalue weighted by Crippen LogP contribution is -2.46. The summed E-state index contributed by atoms with van der Waals surface area (Å²) in [6.07, 6.45) is 0. The first-order valence-electron chi connectivity index (χ1n) is 10.3. The average Bonchev–Trinajstić information content (AvgIpc) is 2.74. The van der Waals surface area contributed by atoms with E-state index in [0.717, 1.165) is 32.7 Å². The van der Waals surface area contributed by atoms with Crippen LogP contribution in [0.15, 0.2) is 59.6 Å². The molecule has 3 N–H and O–H groups in total. The number of ether oxygens (including phenoxy) is 1. The number of hydrogen-bond donors (Lipinski definition) is 2. The number of piperazine rings is 1.